The van der Waals surface area contributed by atoms with Gasteiger partial charge in [-0.25, -0.2) is 4.79 Å². The summed E-state index contributed by atoms with van der Waals surface area (Å²) in [6.45, 7) is 4.52. The number of nitrogens with one attached hydrogen (secondary N) is 1. The average molecular weight is 312 g/mol. The smallest absolute Gasteiger partial charge is 0.337 e. The molecule has 0 aliphatic heterocycles. The molecule has 3 nitrogen and oxygen atoms in total. The van der Waals surface area contributed by atoms with Gasteiger partial charge in [-0.05, 0) is 42.9 Å². The van der Waals surface area contributed by atoms with E-state index in [1.807, 2.05) is 6.07 Å². The second-order valence-electron chi connectivity index (χ2n) is 5.74. The fraction of sp³-hybridized carbons (Fsp3) is 0.500. The van der Waals surface area contributed by atoms with Gasteiger partial charge >= 0.3 is 5.97 Å². The number of anilines is 1. The van der Waals surface area contributed by atoms with Crippen molar-refractivity contribution in [2.24, 2.45) is 5.41 Å². The van der Waals surface area contributed by atoms with Gasteiger partial charge in [-0.1, -0.05) is 29.8 Å². The van der Waals surface area contributed by atoms with Crippen molar-refractivity contribution in [3.05, 3.63) is 28.2 Å². The van der Waals surface area contributed by atoms with Crippen LogP contribution in [0, 0.1) is 5.41 Å². The minimum atomic E-state index is -0.887. The summed E-state index contributed by atoms with van der Waals surface area (Å²) in [7, 11) is 0. The molecule has 1 aliphatic carbocycles. The Balaban J connectivity index is 2.18. The van der Waals surface area contributed by atoms with Gasteiger partial charge in [-0.15, -0.1) is 0 Å². The van der Waals surface area contributed by atoms with Gasteiger partial charge in [-0.2, -0.15) is 0 Å². The number of aromatic carboxylic acids is 1. The molecule has 0 aromatic heterocycles. The Hall–Kier alpha value is -1.03. The zero-order chi connectivity index (χ0) is 13.3. The van der Waals surface area contributed by atoms with Crippen molar-refractivity contribution in [3.8, 4) is 0 Å². The van der Waals surface area contributed by atoms with E-state index in [0.29, 0.717) is 22.7 Å². The number of carboxylic acids is 1. The number of benzene rings is 1. The molecule has 4 heteroatoms. The van der Waals surface area contributed by atoms with E-state index in [4.69, 9.17) is 0 Å². The predicted octanol–water partition coefficient (Wildman–Crippen LogP) is 4.14. The maximum atomic E-state index is 11.2. The standard InChI is InChI=1S/C14H18BrNO2/c1-14(2)6-5-10(8-14)16-12-7-9(15)3-4-11(12)13(17)18/h3-4,7,10,16H,5-6,8H2,1-2H3,(H,17,18). The summed E-state index contributed by atoms with van der Waals surface area (Å²) in [4.78, 5) is 11.2. The van der Waals surface area contributed by atoms with Gasteiger partial charge in [-0.3, -0.25) is 0 Å². The number of halogens is 1. The van der Waals surface area contributed by atoms with Gasteiger partial charge in [0, 0.05) is 10.5 Å². The van der Waals surface area contributed by atoms with E-state index in [0.717, 1.165) is 17.3 Å². The molecule has 98 valence electrons. The Morgan fingerprint density at radius 3 is 2.78 bits per heavy atom. The monoisotopic (exact) mass is 311 g/mol. The Labute approximate surface area is 116 Å². The quantitative estimate of drug-likeness (QED) is 0.882. The molecule has 0 heterocycles. The molecule has 1 aromatic rings. The minimum Gasteiger partial charge on any atom is -0.478 e. The van der Waals surface area contributed by atoms with Crippen LogP contribution in [0.1, 0.15) is 43.5 Å². The van der Waals surface area contributed by atoms with Gasteiger partial charge in [0.2, 0.25) is 0 Å². The highest BCUT2D eigenvalue weighted by Crippen LogP contribution is 2.38. The van der Waals surface area contributed by atoms with Crippen molar-refractivity contribution in [1.29, 1.82) is 0 Å². The highest BCUT2D eigenvalue weighted by molar-refractivity contribution is 9.10. The van der Waals surface area contributed by atoms with Crippen molar-refractivity contribution in [3.63, 3.8) is 0 Å². The van der Waals surface area contributed by atoms with Crippen LogP contribution in [-0.2, 0) is 0 Å². The molecule has 0 amide bonds. The van der Waals surface area contributed by atoms with Crippen LogP contribution in [0.2, 0.25) is 0 Å². The Kier molecular flexibility index (Phi) is 3.66. The molecule has 0 spiro atoms. The normalized spacial score (nSPS) is 21.8. The fourth-order valence-electron chi connectivity index (χ4n) is 2.60. The summed E-state index contributed by atoms with van der Waals surface area (Å²) < 4.78 is 0.896. The average Bonchev–Trinajstić information content (AvgIpc) is 2.57. The zero-order valence-electron chi connectivity index (χ0n) is 10.7. The molecule has 2 rings (SSSR count). The topological polar surface area (TPSA) is 49.3 Å². The highest BCUT2D eigenvalue weighted by Gasteiger charge is 2.31. The van der Waals surface area contributed by atoms with Gasteiger partial charge < -0.3 is 10.4 Å². The molecule has 1 unspecified atom stereocenters. The third-order valence-corrected chi connectivity index (χ3v) is 4.03. The lowest BCUT2D eigenvalue weighted by atomic mass is 9.92. The summed E-state index contributed by atoms with van der Waals surface area (Å²) in [5.74, 6) is -0.887. The molecule has 0 radical (unpaired) electrons. The molecular weight excluding hydrogens is 294 g/mol. The summed E-state index contributed by atoms with van der Waals surface area (Å²) in [5, 5.41) is 12.6. The summed E-state index contributed by atoms with van der Waals surface area (Å²) in [6.07, 6.45) is 3.36. The molecule has 1 fully saturated rings. The lowest BCUT2D eigenvalue weighted by molar-refractivity contribution is 0.0698. The molecule has 1 aliphatic rings. The van der Waals surface area contributed by atoms with E-state index >= 15 is 0 Å². The van der Waals surface area contributed by atoms with Crippen molar-refractivity contribution in [1.82, 2.24) is 0 Å². The van der Waals surface area contributed by atoms with Crippen LogP contribution in [0.15, 0.2) is 22.7 Å². The van der Waals surface area contributed by atoms with Crippen molar-refractivity contribution < 1.29 is 9.90 Å². The van der Waals surface area contributed by atoms with Crippen molar-refractivity contribution in [2.45, 2.75) is 39.2 Å². The minimum absolute atomic E-state index is 0.336. The Morgan fingerprint density at radius 1 is 1.50 bits per heavy atom. The number of carbonyl (C=O) groups is 1. The first kappa shape index (κ1) is 13.4. The largest absolute Gasteiger partial charge is 0.478 e. The van der Waals surface area contributed by atoms with Crippen LogP contribution in [0.4, 0.5) is 5.69 Å². The van der Waals surface area contributed by atoms with Crippen molar-refractivity contribution in [2.75, 3.05) is 5.32 Å². The first-order chi connectivity index (χ1) is 8.37. The van der Waals surface area contributed by atoms with Crippen LogP contribution < -0.4 is 5.32 Å². The third kappa shape index (κ3) is 3.05. The molecular formula is C14H18BrNO2. The van der Waals surface area contributed by atoms with E-state index in [1.54, 1.807) is 12.1 Å². The molecule has 1 aromatic carbocycles. The molecule has 2 N–H and O–H groups in total. The molecule has 1 atom stereocenters. The first-order valence-corrected chi connectivity index (χ1v) is 6.96. The van der Waals surface area contributed by atoms with E-state index < -0.39 is 5.97 Å². The van der Waals surface area contributed by atoms with Gasteiger partial charge in [0.05, 0.1) is 11.3 Å². The fourth-order valence-corrected chi connectivity index (χ4v) is 2.96. The van der Waals surface area contributed by atoms with E-state index in [9.17, 15) is 9.90 Å². The maximum absolute atomic E-state index is 11.2. The predicted molar refractivity (Wildman–Crippen MR) is 76.1 cm³/mol. The van der Waals surface area contributed by atoms with Crippen LogP contribution in [0.5, 0.6) is 0 Å². The maximum Gasteiger partial charge on any atom is 0.337 e. The SMILES string of the molecule is CC1(C)CCC(Nc2cc(Br)ccc2C(=O)O)C1. The zero-order valence-corrected chi connectivity index (χ0v) is 12.3. The van der Waals surface area contributed by atoms with Crippen molar-refractivity contribution >= 4 is 27.6 Å². The molecule has 18 heavy (non-hydrogen) atoms. The highest BCUT2D eigenvalue weighted by atomic mass is 79.9. The lowest BCUT2D eigenvalue weighted by Crippen LogP contribution is -2.19. The molecule has 0 bridgehead atoms. The number of carboxylic acid groups (broad SMARTS) is 1. The number of hydrogen-bond acceptors (Lipinski definition) is 2. The molecule has 0 saturated heterocycles. The van der Waals surface area contributed by atoms with E-state index in [-0.39, 0.29) is 0 Å². The second kappa shape index (κ2) is 4.92. The molecule has 1 saturated carbocycles. The van der Waals surface area contributed by atoms with Crippen LogP contribution in [0.3, 0.4) is 0 Å². The lowest BCUT2D eigenvalue weighted by Gasteiger charge is -2.19. The summed E-state index contributed by atoms with van der Waals surface area (Å²) in [5.41, 5.74) is 1.40. The van der Waals surface area contributed by atoms with Crippen LogP contribution >= 0.6 is 15.9 Å². The first-order valence-electron chi connectivity index (χ1n) is 6.17. The van der Waals surface area contributed by atoms with E-state index in [1.165, 1.54) is 6.42 Å². The third-order valence-electron chi connectivity index (χ3n) is 3.54. The van der Waals surface area contributed by atoms with E-state index in [2.05, 4.69) is 35.1 Å². The summed E-state index contributed by atoms with van der Waals surface area (Å²) >= 11 is 3.38. The van der Waals surface area contributed by atoms with Crippen LogP contribution in [-0.4, -0.2) is 17.1 Å². The number of rotatable bonds is 3. The van der Waals surface area contributed by atoms with Gasteiger partial charge in [0.25, 0.3) is 0 Å². The van der Waals surface area contributed by atoms with Gasteiger partial charge in [0.1, 0.15) is 0 Å². The van der Waals surface area contributed by atoms with Crippen LogP contribution in [0.25, 0.3) is 0 Å². The Bertz CT molecular complexity index is 471. The second-order valence-corrected chi connectivity index (χ2v) is 6.66. The summed E-state index contributed by atoms with van der Waals surface area (Å²) in [6, 6.07) is 5.60. The number of hydrogen-bond donors (Lipinski definition) is 2. The van der Waals surface area contributed by atoms with Gasteiger partial charge in [0.15, 0.2) is 0 Å². The Morgan fingerprint density at radius 2 is 2.22 bits per heavy atom.